The molecule has 0 fully saturated rings. The van der Waals surface area contributed by atoms with Crippen molar-refractivity contribution in [1.82, 2.24) is 9.97 Å². The van der Waals surface area contributed by atoms with Crippen LogP contribution in [0.25, 0.3) is 0 Å². The number of aromatic nitrogens is 2. The Balaban J connectivity index is 1.81. The van der Waals surface area contributed by atoms with E-state index in [1.807, 2.05) is 72.5 Å². The monoisotopic (exact) mass is 332 g/mol. The number of amides is 1. The molecule has 0 aliphatic carbocycles. The number of rotatable bonds is 5. The maximum atomic E-state index is 12.6. The Morgan fingerprint density at radius 2 is 1.40 bits per heavy atom. The summed E-state index contributed by atoms with van der Waals surface area (Å²) in [6, 6.07) is 19.4. The second kappa shape index (κ2) is 7.57. The summed E-state index contributed by atoms with van der Waals surface area (Å²) in [5.74, 6) is 0.438. The minimum atomic E-state index is -0.138. The number of nitrogens with zero attached hydrogens (tertiary/aromatic N) is 4. The average molecular weight is 332 g/mol. The molecule has 0 bridgehead atoms. The van der Waals surface area contributed by atoms with Crippen LogP contribution in [0.1, 0.15) is 17.3 Å². The van der Waals surface area contributed by atoms with Gasteiger partial charge in [-0.2, -0.15) is 0 Å². The van der Waals surface area contributed by atoms with Crippen LogP contribution in [0.4, 0.5) is 17.3 Å². The van der Waals surface area contributed by atoms with Crippen molar-refractivity contribution in [3.05, 3.63) is 78.6 Å². The van der Waals surface area contributed by atoms with Gasteiger partial charge in [0.15, 0.2) is 0 Å². The third-order valence-electron chi connectivity index (χ3n) is 3.96. The molecular formula is C20H20N4O. The highest BCUT2D eigenvalue weighted by Gasteiger charge is 2.16. The molecule has 0 aliphatic heterocycles. The van der Waals surface area contributed by atoms with E-state index < -0.39 is 0 Å². The number of carbonyl (C=O) groups is 1. The fraction of sp³-hybridized carbons (Fsp3) is 0.150. The van der Waals surface area contributed by atoms with E-state index in [9.17, 15) is 4.79 Å². The third-order valence-corrected chi connectivity index (χ3v) is 3.96. The zero-order valence-corrected chi connectivity index (χ0v) is 14.3. The summed E-state index contributed by atoms with van der Waals surface area (Å²) in [5, 5.41) is 0. The van der Waals surface area contributed by atoms with Crippen LogP contribution in [0.15, 0.2) is 73.1 Å². The van der Waals surface area contributed by atoms with Gasteiger partial charge in [0.1, 0.15) is 0 Å². The van der Waals surface area contributed by atoms with E-state index in [-0.39, 0.29) is 5.91 Å². The number of anilines is 3. The summed E-state index contributed by atoms with van der Waals surface area (Å²) in [5.41, 5.74) is 2.31. The number of hydrogen-bond acceptors (Lipinski definition) is 4. The van der Waals surface area contributed by atoms with Crippen LogP contribution >= 0.6 is 0 Å². The lowest BCUT2D eigenvalue weighted by Crippen LogP contribution is -2.27. The molecule has 1 aromatic heterocycles. The summed E-state index contributed by atoms with van der Waals surface area (Å²) in [7, 11) is 1.74. The lowest BCUT2D eigenvalue weighted by Gasteiger charge is -2.21. The van der Waals surface area contributed by atoms with Gasteiger partial charge in [0.2, 0.25) is 5.95 Å². The smallest absolute Gasteiger partial charge is 0.261 e. The van der Waals surface area contributed by atoms with E-state index in [1.165, 1.54) is 0 Å². The molecule has 0 saturated heterocycles. The third kappa shape index (κ3) is 3.66. The SMILES string of the molecule is CCN(c1ccccc1)c1ncc(C(=O)N(C)c2ccccc2)cn1. The van der Waals surface area contributed by atoms with E-state index >= 15 is 0 Å². The molecule has 2 aromatic carbocycles. The van der Waals surface area contributed by atoms with Gasteiger partial charge < -0.3 is 9.80 Å². The van der Waals surface area contributed by atoms with Gasteiger partial charge in [-0.05, 0) is 31.2 Å². The van der Waals surface area contributed by atoms with E-state index in [4.69, 9.17) is 0 Å². The Bertz CT molecular complexity index is 819. The summed E-state index contributed by atoms with van der Waals surface area (Å²) in [6.07, 6.45) is 3.16. The molecule has 1 heterocycles. The van der Waals surface area contributed by atoms with Crippen molar-refractivity contribution in [2.24, 2.45) is 0 Å². The minimum Gasteiger partial charge on any atom is -0.311 e. The predicted octanol–water partition coefficient (Wildman–Crippen LogP) is 3.91. The van der Waals surface area contributed by atoms with E-state index in [0.717, 1.165) is 17.9 Å². The van der Waals surface area contributed by atoms with Gasteiger partial charge in [-0.1, -0.05) is 36.4 Å². The maximum Gasteiger partial charge on any atom is 0.261 e. The summed E-state index contributed by atoms with van der Waals surface area (Å²) < 4.78 is 0. The van der Waals surface area contributed by atoms with Crippen molar-refractivity contribution >= 4 is 23.2 Å². The molecule has 3 aromatic rings. The van der Waals surface area contributed by atoms with Crippen molar-refractivity contribution < 1.29 is 4.79 Å². The van der Waals surface area contributed by atoms with E-state index in [0.29, 0.717) is 11.5 Å². The van der Waals surface area contributed by atoms with Crippen LogP contribution in [0.3, 0.4) is 0 Å². The summed E-state index contributed by atoms with van der Waals surface area (Å²) in [4.78, 5) is 25.0. The molecule has 0 N–H and O–H groups in total. The van der Waals surface area contributed by atoms with E-state index in [2.05, 4.69) is 9.97 Å². The molecule has 0 aliphatic rings. The van der Waals surface area contributed by atoms with Crippen molar-refractivity contribution in [2.45, 2.75) is 6.92 Å². The Morgan fingerprint density at radius 1 is 0.880 bits per heavy atom. The van der Waals surface area contributed by atoms with Gasteiger partial charge in [-0.25, -0.2) is 9.97 Å². The molecule has 126 valence electrons. The predicted molar refractivity (Wildman–Crippen MR) is 100 cm³/mol. The first-order chi connectivity index (χ1) is 12.2. The zero-order chi connectivity index (χ0) is 17.6. The van der Waals surface area contributed by atoms with Crippen molar-refractivity contribution in [3.8, 4) is 0 Å². The Hall–Kier alpha value is -3.21. The van der Waals surface area contributed by atoms with Crippen molar-refractivity contribution in [2.75, 3.05) is 23.4 Å². The first-order valence-electron chi connectivity index (χ1n) is 8.18. The molecule has 5 heteroatoms. The minimum absolute atomic E-state index is 0.138. The normalized spacial score (nSPS) is 10.3. The van der Waals surface area contributed by atoms with Gasteiger partial charge in [0.25, 0.3) is 5.91 Å². The molecule has 25 heavy (non-hydrogen) atoms. The van der Waals surface area contributed by atoms with Gasteiger partial charge in [0, 0.05) is 37.4 Å². The van der Waals surface area contributed by atoms with Gasteiger partial charge in [-0.15, -0.1) is 0 Å². The Labute approximate surface area is 147 Å². The standard InChI is InChI=1S/C20H20N4O/c1-3-24(18-12-8-5-9-13-18)20-21-14-16(15-22-20)19(25)23(2)17-10-6-4-7-11-17/h4-15H,3H2,1-2H3. The lowest BCUT2D eigenvalue weighted by molar-refractivity contribution is 0.0992. The lowest BCUT2D eigenvalue weighted by atomic mass is 10.2. The van der Waals surface area contributed by atoms with Crippen LogP contribution < -0.4 is 9.80 Å². The van der Waals surface area contributed by atoms with Crippen molar-refractivity contribution in [1.29, 1.82) is 0 Å². The van der Waals surface area contributed by atoms with Crippen LogP contribution in [0, 0.1) is 0 Å². The number of para-hydroxylation sites is 2. The second-order valence-electron chi connectivity index (χ2n) is 5.55. The van der Waals surface area contributed by atoms with Crippen LogP contribution in [0.5, 0.6) is 0 Å². The number of hydrogen-bond donors (Lipinski definition) is 0. The number of benzene rings is 2. The fourth-order valence-corrected chi connectivity index (χ4v) is 2.58. The maximum absolute atomic E-state index is 12.6. The first-order valence-corrected chi connectivity index (χ1v) is 8.18. The quantitative estimate of drug-likeness (QED) is 0.711. The molecule has 0 spiro atoms. The Kier molecular flexibility index (Phi) is 5.04. The first kappa shape index (κ1) is 16.6. The van der Waals surface area contributed by atoms with Crippen molar-refractivity contribution in [3.63, 3.8) is 0 Å². The number of carbonyl (C=O) groups excluding carboxylic acids is 1. The van der Waals surface area contributed by atoms with Crippen LogP contribution in [0.2, 0.25) is 0 Å². The van der Waals surface area contributed by atoms with E-state index in [1.54, 1.807) is 24.3 Å². The highest BCUT2D eigenvalue weighted by molar-refractivity contribution is 6.05. The molecule has 0 unspecified atom stereocenters. The Morgan fingerprint density at radius 3 is 1.92 bits per heavy atom. The van der Waals surface area contributed by atoms with Crippen LogP contribution in [-0.2, 0) is 0 Å². The topological polar surface area (TPSA) is 49.3 Å². The molecule has 0 radical (unpaired) electrons. The second-order valence-corrected chi connectivity index (χ2v) is 5.55. The fourth-order valence-electron chi connectivity index (χ4n) is 2.58. The molecule has 1 amide bonds. The van der Waals surface area contributed by atoms with Gasteiger partial charge in [-0.3, -0.25) is 4.79 Å². The average Bonchev–Trinajstić information content (AvgIpc) is 2.69. The van der Waals surface area contributed by atoms with Crippen LogP contribution in [-0.4, -0.2) is 29.5 Å². The highest BCUT2D eigenvalue weighted by Crippen LogP contribution is 2.21. The zero-order valence-electron chi connectivity index (χ0n) is 14.3. The van der Waals surface area contributed by atoms with Gasteiger partial charge >= 0.3 is 0 Å². The molecule has 5 nitrogen and oxygen atoms in total. The molecule has 0 atom stereocenters. The molecular weight excluding hydrogens is 312 g/mol. The molecule has 3 rings (SSSR count). The summed E-state index contributed by atoms with van der Waals surface area (Å²) >= 11 is 0. The van der Waals surface area contributed by atoms with Gasteiger partial charge in [0.05, 0.1) is 5.56 Å². The highest BCUT2D eigenvalue weighted by atomic mass is 16.2. The summed E-state index contributed by atoms with van der Waals surface area (Å²) in [6.45, 7) is 2.78. The largest absolute Gasteiger partial charge is 0.311 e. The molecule has 0 saturated carbocycles.